The topological polar surface area (TPSA) is 89.1 Å². The Hall–Kier alpha value is -3.21. The van der Waals surface area contributed by atoms with Crippen LogP contribution in [0.25, 0.3) is 22.4 Å². The Morgan fingerprint density at radius 1 is 1.03 bits per heavy atom. The summed E-state index contributed by atoms with van der Waals surface area (Å²) in [4.78, 5) is 10.6. The molecule has 30 heavy (non-hydrogen) atoms. The van der Waals surface area contributed by atoms with Crippen molar-refractivity contribution in [3.8, 4) is 22.4 Å². The van der Waals surface area contributed by atoms with Crippen LogP contribution in [0.4, 0.5) is 17.6 Å². The number of alkyl halides is 3. The molecule has 1 heterocycles. The van der Waals surface area contributed by atoms with Crippen LogP contribution < -0.4 is 0 Å². The van der Waals surface area contributed by atoms with Crippen LogP contribution in [0.1, 0.15) is 12.6 Å². The van der Waals surface area contributed by atoms with Crippen molar-refractivity contribution in [1.29, 1.82) is 0 Å². The van der Waals surface area contributed by atoms with Gasteiger partial charge in [-0.3, -0.25) is 9.89 Å². The summed E-state index contributed by atoms with van der Waals surface area (Å²) >= 11 is 0. The molecule has 0 aliphatic carbocycles. The quantitative estimate of drug-likeness (QED) is 0.473. The second-order valence-corrected chi connectivity index (χ2v) is 8.16. The van der Waals surface area contributed by atoms with Crippen LogP contribution in [0.15, 0.2) is 53.4 Å². The molecule has 0 saturated heterocycles. The summed E-state index contributed by atoms with van der Waals surface area (Å²) in [6, 6.07) is 9.34. The van der Waals surface area contributed by atoms with Crippen LogP contribution in [0.3, 0.4) is 0 Å². The summed E-state index contributed by atoms with van der Waals surface area (Å²) in [5.41, 5.74) is -1.21. The Labute approximate surface area is 168 Å². The van der Waals surface area contributed by atoms with Crippen molar-refractivity contribution in [2.24, 2.45) is 0 Å². The third-order valence-electron chi connectivity index (χ3n) is 4.09. The van der Waals surface area contributed by atoms with E-state index in [0.717, 1.165) is 19.1 Å². The van der Waals surface area contributed by atoms with Crippen molar-refractivity contribution in [3.05, 3.63) is 60.0 Å². The molecule has 3 rings (SSSR count). The van der Waals surface area contributed by atoms with Crippen molar-refractivity contribution in [2.45, 2.75) is 18.0 Å². The van der Waals surface area contributed by atoms with E-state index < -0.39 is 39.4 Å². The van der Waals surface area contributed by atoms with E-state index in [9.17, 15) is 30.8 Å². The summed E-state index contributed by atoms with van der Waals surface area (Å²) in [6.07, 6.45) is -4.75. The van der Waals surface area contributed by atoms with Crippen LogP contribution >= 0.6 is 0 Å². The Balaban J connectivity index is 2.05. The number of rotatable bonds is 5. The van der Waals surface area contributed by atoms with Gasteiger partial charge in [0.15, 0.2) is 5.94 Å². The number of nitrogens with zero attached hydrogens (tertiary/aromatic N) is 1. The first-order chi connectivity index (χ1) is 14.0. The third-order valence-corrected chi connectivity index (χ3v) is 5.51. The number of aromatic amines is 1. The Kier molecular flexibility index (Phi) is 5.66. The largest absolute Gasteiger partial charge is 0.449 e. The fourth-order valence-electron chi connectivity index (χ4n) is 2.70. The molecule has 0 spiro atoms. The van der Waals surface area contributed by atoms with Gasteiger partial charge in [0.2, 0.25) is 9.84 Å². The summed E-state index contributed by atoms with van der Waals surface area (Å²) in [5, 5.41) is 5.70. The molecule has 0 amide bonds. The second kappa shape index (κ2) is 7.90. The Morgan fingerprint density at radius 3 is 2.13 bits per heavy atom. The number of sulfone groups is 1. The van der Waals surface area contributed by atoms with Crippen molar-refractivity contribution < 1.29 is 35.5 Å². The average Bonchev–Trinajstić information content (AvgIpc) is 3.13. The van der Waals surface area contributed by atoms with E-state index in [1.54, 1.807) is 0 Å². The predicted octanol–water partition coefficient (Wildman–Crippen LogP) is 4.20. The molecule has 158 valence electrons. The maximum Gasteiger partial charge on any atom is 0.433 e. The smallest absolute Gasteiger partial charge is 0.433 e. The first-order valence-corrected chi connectivity index (χ1v) is 10.0. The lowest BCUT2D eigenvalue weighted by Crippen LogP contribution is -2.12. The zero-order valence-corrected chi connectivity index (χ0v) is 16.1. The monoisotopic (exact) mass is 442 g/mol. The minimum Gasteiger partial charge on any atom is -0.449 e. The van der Waals surface area contributed by atoms with Crippen LogP contribution in [0, 0.1) is 5.82 Å². The van der Waals surface area contributed by atoms with Crippen LogP contribution in [0.2, 0.25) is 0 Å². The number of aromatic nitrogens is 2. The van der Waals surface area contributed by atoms with Crippen molar-refractivity contribution >= 4 is 15.8 Å². The lowest BCUT2D eigenvalue weighted by molar-refractivity contribution is -0.141. The Bertz CT molecular complexity index is 1170. The van der Waals surface area contributed by atoms with E-state index >= 15 is 0 Å². The van der Waals surface area contributed by atoms with Crippen LogP contribution in [-0.2, 0) is 25.5 Å². The van der Waals surface area contributed by atoms with Gasteiger partial charge in [-0.25, -0.2) is 12.8 Å². The number of carbonyl (C=O) groups is 1. The van der Waals surface area contributed by atoms with E-state index in [1.165, 1.54) is 36.4 Å². The van der Waals surface area contributed by atoms with Gasteiger partial charge in [0.05, 0.1) is 4.90 Å². The zero-order chi connectivity index (χ0) is 22.1. The van der Waals surface area contributed by atoms with Gasteiger partial charge < -0.3 is 4.74 Å². The van der Waals surface area contributed by atoms with E-state index in [2.05, 4.69) is 9.84 Å². The summed E-state index contributed by atoms with van der Waals surface area (Å²) < 4.78 is 82.4. The van der Waals surface area contributed by atoms with Gasteiger partial charge in [0, 0.05) is 18.1 Å². The first kappa shape index (κ1) is 21.5. The minimum atomic E-state index is -4.75. The highest BCUT2D eigenvalue weighted by Crippen LogP contribution is 2.41. The highest BCUT2D eigenvalue weighted by atomic mass is 32.2. The van der Waals surface area contributed by atoms with Crippen molar-refractivity contribution in [1.82, 2.24) is 10.2 Å². The maximum atomic E-state index is 13.4. The molecule has 0 fully saturated rings. The number of carbonyl (C=O) groups excluding carboxylic acids is 1. The maximum absolute atomic E-state index is 13.4. The van der Waals surface area contributed by atoms with Gasteiger partial charge >= 0.3 is 12.1 Å². The SMILES string of the molecule is CC(=O)OCS(=O)(=O)c1ccc(-c2n[nH]c(C(F)(F)F)c2-c2ccc(F)cc2)cc1. The Morgan fingerprint density at radius 2 is 1.60 bits per heavy atom. The van der Waals surface area contributed by atoms with Crippen molar-refractivity contribution in [2.75, 3.05) is 5.94 Å². The number of halogens is 4. The number of esters is 1. The number of H-pyrrole nitrogens is 1. The van der Waals surface area contributed by atoms with E-state index in [-0.39, 0.29) is 27.3 Å². The lowest BCUT2D eigenvalue weighted by Gasteiger charge is -2.10. The number of hydrogen-bond donors (Lipinski definition) is 1. The molecule has 0 saturated carbocycles. The van der Waals surface area contributed by atoms with E-state index in [0.29, 0.717) is 0 Å². The summed E-state index contributed by atoms with van der Waals surface area (Å²) in [7, 11) is -3.93. The predicted molar refractivity (Wildman–Crippen MR) is 98.2 cm³/mol. The fourth-order valence-corrected chi connectivity index (χ4v) is 3.71. The molecule has 0 atom stereocenters. The molecular weight excluding hydrogens is 428 g/mol. The van der Waals surface area contributed by atoms with Crippen LogP contribution in [-0.4, -0.2) is 30.5 Å². The number of nitrogens with one attached hydrogen (secondary N) is 1. The molecule has 0 bridgehead atoms. The van der Waals surface area contributed by atoms with E-state index in [1.807, 2.05) is 5.10 Å². The first-order valence-electron chi connectivity index (χ1n) is 8.37. The standard InChI is InChI=1S/C19H14F4N2O4S/c1-11(26)29-10-30(27,28)15-8-4-13(5-9-15)17-16(12-2-6-14(20)7-3-12)18(25-24-17)19(21,22)23/h2-9H,10H2,1H3,(H,24,25). The van der Waals surface area contributed by atoms with Gasteiger partial charge in [0.25, 0.3) is 0 Å². The molecule has 1 aromatic heterocycles. The molecule has 3 aromatic rings. The molecule has 0 radical (unpaired) electrons. The molecular formula is C19H14F4N2O4S. The molecule has 0 unspecified atom stereocenters. The second-order valence-electron chi connectivity index (χ2n) is 6.22. The number of benzene rings is 2. The molecule has 11 heteroatoms. The molecule has 0 aliphatic heterocycles. The van der Waals surface area contributed by atoms with Gasteiger partial charge in [-0.1, -0.05) is 24.3 Å². The normalized spacial score (nSPS) is 12.0. The van der Waals surface area contributed by atoms with Gasteiger partial charge in [0.1, 0.15) is 17.2 Å². The zero-order valence-electron chi connectivity index (χ0n) is 15.3. The molecule has 1 N–H and O–H groups in total. The lowest BCUT2D eigenvalue weighted by atomic mass is 9.98. The minimum absolute atomic E-state index is 0.0824. The molecule has 2 aromatic carbocycles. The van der Waals surface area contributed by atoms with Gasteiger partial charge in [-0.05, 0) is 29.8 Å². The molecule has 0 aliphatic rings. The summed E-state index contributed by atoms with van der Waals surface area (Å²) in [5.74, 6) is -2.24. The average molecular weight is 442 g/mol. The van der Waals surface area contributed by atoms with Gasteiger partial charge in [-0.2, -0.15) is 18.3 Å². The number of ether oxygens (including phenoxy) is 1. The highest BCUT2D eigenvalue weighted by molar-refractivity contribution is 7.91. The molecule has 6 nitrogen and oxygen atoms in total. The summed E-state index contributed by atoms with van der Waals surface area (Å²) in [6.45, 7) is 1.06. The van der Waals surface area contributed by atoms with Gasteiger partial charge in [-0.15, -0.1) is 0 Å². The fraction of sp³-hybridized carbons (Fsp3) is 0.158. The van der Waals surface area contributed by atoms with E-state index in [4.69, 9.17) is 0 Å². The highest BCUT2D eigenvalue weighted by Gasteiger charge is 2.38. The number of hydrogen-bond acceptors (Lipinski definition) is 5. The van der Waals surface area contributed by atoms with Crippen molar-refractivity contribution in [3.63, 3.8) is 0 Å². The third kappa shape index (κ3) is 4.51. The van der Waals surface area contributed by atoms with Crippen LogP contribution in [0.5, 0.6) is 0 Å².